The topological polar surface area (TPSA) is 39.2 Å². The molecule has 3 nitrogen and oxygen atoms in total. The molecule has 1 aliphatic rings. The average Bonchev–Trinajstić information content (AvgIpc) is 2.78. The van der Waals surface area contributed by atoms with Crippen molar-refractivity contribution < 1.29 is 9.53 Å². The quantitative estimate of drug-likeness (QED) is 0.733. The van der Waals surface area contributed by atoms with Crippen LogP contribution in [0.4, 0.5) is 0 Å². The molecule has 1 aromatic rings. The fraction of sp³-hybridized carbons (Fsp3) is 0.538. The van der Waals surface area contributed by atoms with E-state index in [1.165, 1.54) is 0 Å². The molecular weight excluding hydrogens is 202 g/mol. The van der Waals surface area contributed by atoms with Crippen molar-refractivity contribution in [3.8, 4) is 0 Å². The Bertz CT molecular complexity index is 395. The number of nitrogens with zero attached hydrogens (tertiary/aromatic N) is 1. The SMILES string of the molecule is COC1(C(=O)c2cncc(C)c2)CCCC1. The maximum atomic E-state index is 12.4. The van der Waals surface area contributed by atoms with Crippen molar-refractivity contribution in [1.82, 2.24) is 4.98 Å². The molecule has 0 amide bonds. The Labute approximate surface area is 95.8 Å². The molecule has 1 aromatic heterocycles. The predicted molar refractivity (Wildman–Crippen MR) is 61.5 cm³/mol. The molecule has 2 rings (SSSR count). The van der Waals surface area contributed by atoms with Crippen LogP contribution in [-0.2, 0) is 4.74 Å². The van der Waals surface area contributed by atoms with Gasteiger partial charge in [0, 0.05) is 25.1 Å². The van der Waals surface area contributed by atoms with Crippen LogP contribution in [0.25, 0.3) is 0 Å². The summed E-state index contributed by atoms with van der Waals surface area (Å²) in [5.74, 6) is 0.0868. The zero-order valence-corrected chi connectivity index (χ0v) is 9.82. The Balaban J connectivity index is 2.30. The van der Waals surface area contributed by atoms with Crippen molar-refractivity contribution >= 4 is 5.78 Å². The maximum absolute atomic E-state index is 12.4. The lowest BCUT2D eigenvalue weighted by Gasteiger charge is -2.25. The lowest BCUT2D eigenvalue weighted by atomic mass is 9.91. The van der Waals surface area contributed by atoms with Crippen LogP contribution < -0.4 is 0 Å². The molecule has 1 heterocycles. The predicted octanol–water partition coefficient (Wildman–Crippen LogP) is 2.53. The number of hydrogen-bond donors (Lipinski definition) is 0. The second-order valence-electron chi connectivity index (χ2n) is 4.49. The first-order valence-corrected chi connectivity index (χ1v) is 5.69. The lowest BCUT2D eigenvalue weighted by Crippen LogP contribution is -2.37. The Morgan fingerprint density at radius 1 is 1.38 bits per heavy atom. The van der Waals surface area contributed by atoms with E-state index in [0.29, 0.717) is 5.56 Å². The molecule has 0 aromatic carbocycles. The average molecular weight is 219 g/mol. The maximum Gasteiger partial charge on any atom is 0.196 e. The van der Waals surface area contributed by atoms with Crippen LogP contribution in [0.3, 0.4) is 0 Å². The number of rotatable bonds is 3. The summed E-state index contributed by atoms with van der Waals surface area (Å²) in [6, 6.07) is 1.88. The van der Waals surface area contributed by atoms with Gasteiger partial charge < -0.3 is 4.74 Å². The molecule has 16 heavy (non-hydrogen) atoms. The van der Waals surface area contributed by atoms with Crippen molar-refractivity contribution in [2.24, 2.45) is 0 Å². The summed E-state index contributed by atoms with van der Waals surface area (Å²) in [6.45, 7) is 1.94. The second kappa shape index (κ2) is 4.34. The standard InChI is InChI=1S/C13H17NO2/c1-10-7-11(9-14-8-10)12(15)13(16-2)5-3-4-6-13/h7-9H,3-6H2,1-2H3. The first-order valence-electron chi connectivity index (χ1n) is 5.69. The minimum absolute atomic E-state index is 0.0868. The first kappa shape index (κ1) is 11.3. The smallest absolute Gasteiger partial charge is 0.196 e. The number of ketones is 1. The summed E-state index contributed by atoms with van der Waals surface area (Å²) in [6.07, 6.45) is 7.18. The van der Waals surface area contributed by atoms with E-state index in [9.17, 15) is 4.79 Å². The monoisotopic (exact) mass is 219 g/mol. The lowest BCUT2D eigenvalue weighted by molar-refractivity contribution is 0.00599. The number of carbonyl (C=O) groups is 1. The molecule has 0 radical (unpaired) electrons. The Morgan fingerprint density at radius 3 is 2.62 bits per heavy atom. The van der Waals surface area contributed by atoms with Crippen LogP contribution in [-0.4, -0.2) is 23.5 Å². The van der Waals surface area contributed by atoms with Gasteiger partial charge in [-0.15, -0.1) is 0 Å². The highest BCUT2D eigenvalue weighted by atomic mass is 16.5. The molecule has 0 atom stereocenters. The number of pyridine rings is 1. The molecule has 0 N–H and O–H groups in total. The van der Waals surface area contributed by atoms with E-state index in [1.807, 2.05) is 13.0 Å². The number of hydrogen-bond acceptors (Lipinski definition) is 3. The molecule has 0 spiro atoms. The largest absolute Gasteiger partial charge is 0.370 e. The second-order valence-corrected chi connectivity index (χ2v) is 4.49. The van der Waals surface area contributed by atoms with E-state index in [4.69, 9.17) is 4.74 Å². The normalized spacial score (nSPS) is 18.6. The van der Waals surface area contributed by atoms with E-state index in [-0.39, 0.29) is 5.78 Å². The van der Waals surface area contributed by atoms with Gasteiger partial charge in [-0.05, 0) is 44.2 Å². The van der Waals surface area contributed by atoms with Crippen LogP contribution in [0.2, 0.25) is 0 Å². The summed E-state index contributed by atoms with van der Waals surface area (Å²) < 4.78 is 5.48. The van der Waals surface area contributed by atoms with Crippen LogP contribution in [0.15, 0.2) is 18.5 Å². The van der Waals surface area contributed by atoms with Gasteiger partial charge in [-0.25, -0.2) is 0 Å². The molecule has 1 fully saturated rings. The van der Waals surface area contributed by atoms with Crippen LogP contribution in [0.1, 0.15) is 41.6 Å². The molecule has 0 saturated heterocycles. The van der Waals surface area contributed by atoms with Gasteiger partial charge in [0.1, 0.15) is 5.60 Å². The van der Waals surface area contributed by atoms with Crippen molar-refractivity contribution in [3.05, 3.63) is 29.6 Å². The Morgan fingerprint density at radius 2 is 2.06 bits per heavy atom. The zero-order chi connectivity index (χ0) is 11.6. The highest BCUT2D eigenvalue weighted by Crippen LogP contribution is 2.35. The third-order valence-corrected chi connectivity index (χ3v) is 3.35. The Kier molecular flexibility index (Phi) is 3.06. The number of aromatic nitrogens is 1. The molecular formula is C13H17NO2. The molecule has 3 heteroatoms. The highest BCUT2D eigenvalue weighted by molar-refractivity contribution is 6.02. The van der Waals surface area contributed by atoms with Crippen LogP contribution in [0, 0.1) is 6.92 Å². The summed E-state index contributed by atoms with van der Waals surface area (Å²) in [7, 11) is 1.63. The number of ether oxygens (including phenoxy) is 1. The minimum atomic E-state index is -0.588. The van der Waals surface area contributed by atoms with E-state index < -0.39 is 5.60 Å². The number of aryl methyl sites for hydroxylation is 1. The summed E-state index contributed by atoms with van der Waals surface area (Å²) in [5.41, 5.74) is 1.09. The summed E-state index contributed by atoms with van der Waals surface area (Å²) >= 11 is 0. The van der Waals surface area contributed by atoms with E-state index >= 15 is 0 Å². The summed E-state index contributed by atoms with van der Waals surface area (Å²) in [5, 5.41) is 0. The molecule has 0 bridgehead atoms. The number of carbonyl (C=O) groups excluding carboxylic acids is 1. The van der Waals surface area contributed by atoms with Crippen molar-refractivity contribution in [2.45, 2.75) is 38.2 Å². The fourth-order valence-electron chi connectivity index (χ4n) is 2.41. The van der Waals surface area contributed by atoms with Gasteiger partial charge in [-0.1, -0.05) is 0 Å². The fourth-order valence-corrected chi connectivity index (χ4v) is 2.41. The van der Waals surface area contributed by atoms with E-state index in [2.05, 4.69) is 4.98 Å². The van der Waals surface area contributed by atoms with Gasteiger partial charge in [0.2, 0.25) is 0 Å². The third-order valence-electron chi connectivity index (χ3n) is 3.35. The first-order chi connectivity index (χ1) is 7.68. The van der Waals surface area contributed by atoms with Gasteiger partial charge in [0.05, 0.1) is 0 Å². The van der Waals surface area contributed by atoms with Crippen molar-refractivity contribution in [2.75, 3.05) is 7.11 Å². The van der Waals surface area contributed by atoms with Gasteiger partial charge in [-0.3, -0.25) is 9.78 Å². The summed E-state index contributed by atoms with van der Waals surface area (Å²) in [4.78, 5) is 16.5. The van der Waals surface area contributed by atoms with E-state index in [0.717, 1.165) is 31.2 Å². The van der Waals surface area contributed by atoms with Gasteiger partial charge in [0.15, 0.2) is 5.78 Å². The third kappa shape index (κ3) is 1.87. The minimum Gasteiger partial charge on any atom is -0.370 e. The van der Waals surface area contributed by atoms with Crippen molar-refractivity contribution in [3.63, 3.8) is 0 Å². The number of Topliss-reactive ketones (excluding diaryl/α,β-unsaturated/α-hetero) is 1. The molecule has 0 unspecified atom stereocenters. The van der Waals surface area contributed by atoms with Gasteiger partial charge in [-0.2, -0.15) is 0 Å². The van der Waals surface area contributed by atoms with Gasteiger partial charge >= 0.3 is 0 Å². The van der Waals surface area contributed by atoms with Gasteiger partial charge in [0.25, 0.3) is 0 Å². The van der Waals surface area contributed by atoms with Crippen LogP contribution in [0.5, 0.6) is 0 Å². The molecule has 86 valence electrons. The molecule has 0 aliphatic heterocycles. The van der Waals surface area contributed by atoms with Crippen molar-refractivity contribution in [1.29, 1.82) is 0 Å². The van der Waals surface area contributed by atoms with E-state index in [1.54, 1.807) is 19.5 Å². The highest BCUT2D eigenvalue weighted by Gasteiger charge is 2.41. The molecule has 1 aliphatic carbocycles. The molecule has 1 saturated carbocycles. The Hall–Kier alpha value is -1.22. The number of methoxy groups -OCH3 is 1. The van der Waals surface area contributed by atoms with Crippen LogP contribution >= 0.6 is 0 Å². The zero-order valence-electron chi connectivity index (χ0n) is 9.82.